The number of rotatable bonds is 0. The smallest absolute Gasteiger partial charge is 0.0856 e. The topological polar surface area (TPSA) is 15.6 Å². The van der Waals surface area contributed by atoms with Gasteiger partial charge in [0.25, 0.3) is 0 Å². The van der Waals surface area contributed by atoms with Crippen LogP contribution in [0.15, 0.2) is 4.99 Å². The van der Waals surface area contributed by atoms with E-state index in [9.17, 15) is 0 Å². The van der Waals surface area contributed by atoms with Gasteiger partial charge in [-0.05, 0) is 19.8 Å². The van der Waals surface area contributed by atoms with Crippen molar-refractivity contribution in [1.82, 2.24) is 4.90 Å². The highest BCUT2D eigenvalue weighted by Crippen LogP contribution is 2.30. The van der Waals surface area contributed by atoms with Crippen molar-refractivity contribution < 1.29 is 0 Å². The van der Waals surface area contributed by atoms with Gasteiger partial charge in [-0.25, -0.2) is 0 Å². The summed E-state index contributed by atoms with van der Waals surface area (Å²) in [6.07, 6.45) is 4.68. The molecule has 1 fully saturated rings. The number of fused-ring (bicyclic) bond motifs is 1. The summed E-state index contributed by atoms with van der Waals surface area (Å²) in [6, 6.07) is 0. The molecule has 0 N–H and O–H groups in total. The van der Waals surface area contributed by atoms with Crippen molar-refractivity contribution in [2.75, 3.05) is 13.1 Å². The first-order valence-corrected chi connectivity index (χ1v) is 3.58. The Hall–Kier alpha value is -0.530. The van der Waals surface area contributed by atoms with Crippen molar-refractivity contribution in [3.05, 3.63) is 0 Å². The first-order valence-electron chi connectivity index (χ1n) is 3.58. The van der Waals surface area contributed by atoms with Crippen molar-refractivity contribution in [2.45, 2.75) is 25.3 Å². The van der Waals surface area contributed by atoms with Crippen LogP contribution in [0.3, 0.4) is 0 Å². The second-order valence-electron chi connectivity index (χ2n) is 3.25. The normalized spacial score (nSPS) is 39.9. The van der Waals surface area contributed by atoms with Crippen LogP contribution in [-0.2, 0) is 0 Å². The molecular formula is C7H12N2. The highest BCUT2D eigenvalue weighted by molar-refractivity contribution is 5.60. The van der Waals surface area contributed by atoms with Gasteiger partial charge < -0.3 is 4.90 Å². The van der Waals surface area contributed by atoms with E-state index < -0.39 is 0 Å². The van der Waals surface area contributed by atoms with E-state index in [1.54, 1.807) is 0 Å². The number of nitrogens with zero attached hydrogens (tertiary/aromatic N) is 2. The fourth-order valence-electron chi connectivity index (χ4n) is 1.75. The third-order valence-corrected chi connectivity index (χ3v) is 2.46. The number of aliphatic imine (C=N–C) groups is 1. The molecule has 9 heavy (non-hydrogen) atoms. The maximum Gasteiger partial charge on any atom is 0.0856 e. The van der Waals surface area contributed by atoms with Crippen LogP contribution in [0.5, 0.6) is 0 Å². The van der Waals surface area contributed by atoms with Crippen LogP contribution in [0, 0.1) is 0 Å². The lowest BCUT2D eigenvalue weighted by Crippen LogP contribution is -2.37. The molecule has 50 valence electrons. The fraction of sp³-hybridized carbons (Fsp3) is 0.857. The molecule has 0 aliphatic carbocycles. The van der Waals surface area contributed by atoms with Crippen LogP contribution in [0.4, 0.5) is 0 Å². The van der Waals surface area contributed by atoms with Gasteiger partial charge in [0.15, 0.2) is 0 Å². The predicted octanol–water partition coefficient (Wildman–Crippen LogP) is 0.883. The number of hydrogen-bond acceptors (Lipinski definition) is 2. The van der Waals surface area contributed by atoms with Gasteiger partial charge in [0.05, 0.1) is 18.4 Å². The molecule has 0 bridgehead atoms. The maximum absolute atomic E-state index is 4.24. The van der Waals surface area contributed by atoms with Gasteiger partial charge in [-0.2, -0.15) is 0 Å². The molecular weight excluding hydrogens is 112 g/mol. The molecule has 2 aliphatic rings. The van der Waals surface area contributed by atoms with E-state index in [-0.39, 0.29) is 0 Å². The zero-order chi connectivity index (χ0) is 6.32. The number of hydrogen-bond donors (Lipinski definition) is 0. The molecule has 0 aromatic heterocycles. The van der Waals surface area contributed by atoms with Crippen molar-refractivity contribution in [3.63, 3.8) is 0 Å². The van der Waals surface area contributed by atoms with Gasteiger partial charge in [-0.3, -0.25) is 4.99 Å². The molecule has 0 unspecified atom stereocenters. The van der Waals surface area contributed by atoms with Crippen LogP contribution >= 0.6 is 0 Å². The van der Waals surface area contributed by atoms with Gasteiger partial charge in [-0.1, -0.05) is 0 Å². The Labute approximate surface area is 55.6 Å². The molecule has 0 aromatic carbocycles. The minimum Gasteiger partial charge on any atom is -0.356 e. The Morgan fingerprint density at radius 2 is 2.56 bits per heavy atom. The average Bonchev–Trinajstić information content (AvgIpc) is 2.22. The van der Waals surface area contributed by atoms with E-state index in [1.807, 2.05) is 6.34 Å². The second kappa shape index (κ2) is 1.49. The summed E-state index contributed by atoms with van der Waals surface area (Å²) in [5, 5.41) is 0. The summed E-state index contributed by atoms with van der Waals surface area (Å²) < 4.78 is 0. The molecule has 0 saturated carbocycles. The van der Waals surface area contributed by atoms with Crippen molar-refractivity contribution >= 4 is 6.34 Å². The summed E-state index contributed by atoms with van der Waals surface area (Å²) in [6.45, 7) is 4.54. The van der Waals surface area contributed by atoms with Gasteiger partial charge in [0.2, 0.25) is 0 Å². The second-order valence-corrected chi connectivity index (χ2v) is 3.25. The molecule has 2 heteroatoms. The van der Waals surface area contributed by atoms with E-state index in [2.05, 4.69) is 16.8 Å². The summed E-state index contributed by atoms with van der Waals surface area (Å²) in [7, 11) is 0. The fourth-order valence-corrected chi connectivity index (χ4v) is 1.75. The lowest BCUT2D eigenvalue weighted by Gasteiger charge is -2.26. The van der Waals surface area contributed by atoms with Crippen LogP contribution in [0.25, 0.3) is 0 Å². The summed E-state index contributed by atoms with van der Waals surface area (Å²) in [5.41, 5.74) is 0.417. The van der Waals surface area contributed by atoms with E-state index in [1.165, 1.54) is 19.4 Å². The highest BCUT2D eigenvalue weighted by Gasteiger charge is 2.37. The molecule has 0 aromatic rings. The Balaban J connectivity index is 2.24. The predicted molar refractivity (Wildman–Crippen MR) is 37.7 cm³/mol. The molecule has 2 aliphatic heterocycles. The van der Waals surface area contributed by atoms with Gasteiger partial charge in [-0.15, -0.1) is 0 Å². The van der Waals surface area contributed by atoms with Crippen LogP contribution < -0.4 is 0 Å². The van der Waals surface area contributed by atoms with E-state index in [4.69, 9.17) is 0 Å². The molecule has 2 nitrogen and oxygen atoms in total. The molecule has 0 radical (unpaired) electrons. The first-order chi connectivity index (χ1) is 4.31. The van der Waals surface area contributed by atoms with Crippen LogP contribution in [0.2, 0.25) is 0 Å². The zero-order valence-corrected chi connectivity index (χ0v) is 5.80. The lowest BCUT2D eigenvalue weighted by atomic mass is 10.0. The molecule has 0 amide bonds. The summed E-state index contributed by atoms with van der Waals surface area (Å²) >= 11 is 0. The Morgan fingerprint density at radius 1 is 1.67 bits per heavy atom. The Kier molecular flexibility index (Phi) is 0.875. The van der Waals surface area contributed by atoms with Gasteiger partial charge in [0, 0.05) is 6.54 Å². The molecule has 1 atom stereocenters. The van der Waals surface area contributed by atoms with E-state index >= 15 is 0 Å². The average molecular weight is 124 g/mol. The molecule has 2 heterocycles. The van der Waals surface area contributed by atoms with Gasteiger partial charge >= 0.3 is 0 Å². The maximum atomic E-state index is 4.24. The largest absolute Gasteiger partial charge is 0.356 e. The van der Waals surface area contributed by atoms with Crippen LogP contribution in [0.1, 0.15) is 19.8 Å². The highest BCUT2D eigenvalue weighted by atomic mass is 15.3. The standard InChI is InChI=1S/C7H12N2/c1-7-3-2-4-9(7)6-8-5-7/h6H,2-5H2,1H3/t7-/m0/s1. The molecule has 1 saturated heterocycles. The Morgan fingerprint density at radius 3 is 3.33 bits per heavy atom. The van der Waals surface area contributed by atoms with Crippen molar-refractivity contribution in [2.24, 2.45) is 4.99 Å². The first kappa shape index (κ1) is 5.27. The van der Waals surface area contributed by atoms with Crippen molar-refractivity contribution in [1.29, 1.82) is 0 Å². The lowest BCUT2D eigenvalue weighted by molar-refractivity contribution is 0.298. The quantitative estimate of drug-likeness (QED) is 0.468. The SMILES string of the molecule is C[C@@]12CCCN1C=NC2. The van der Waals surface area contributed by atoms with E-state index in [0.717, 1.165) is 6.54 Å². The van der Waals surface area contributed by atoms with Crippen LogP contribution in [-0.4, -0.2) is 29.9 Å². The minimum absolute atomic E-state index is 0.417. The Bertz CT molecular complexity index is 153. The molecule has 2 rings (SSSR count). The summed E-state index contributed by atoms with van der Waals surface area (Å²) in [4.78, 5) is 6.61. The third-order valence-electron chi connectivity index (χ3n) is 2.46. The monoisotopic (exact) mass is 124 g/mol. The summed E-state index contributed by atoms with van der Waals surface area (Å²) in [5.74, 6) is 0. The zero-order valence-electron chi connectivity index (χ0n) is 5.80. The van der Waals surface area contributed by atoms with Gasteiger partial charge in [0.1, 0.15) is 0 Å². The van der Waals surface area contributed by atoms with Crippen molar-refractivity contribution in [3.8, 4) is 0 Å². The minimum atomic E-state index is 0.417. The third kappa shape index (κ3) is 0.590. The van der Waals surface area contributed by atoms with E-state index in [0.29, 0.717) is 5.54 Å². The molecule has 0 spiro atoms.